The number of rotatable bonds is 3. The van der Waals surface area contributed by atoms with Crippen LogP contribution in [-0.2, 0) is 11.3 Å². The lowest BCUT2D eigenvalue weighted by Gasteiger charge is -2.44. The molecule has 2 aliphatic rings. The molecule has 2 saturated heterocycles. The molecule has 3 heterocycles. The van der Waals surface area contributed by atoms with E-state index >= 15 is 0 Å². The van der Waals surface area contributed by atoms with Gasteiger partial charge in [0.2, 0.25) is 5.91 Å². The average Bonchev–Trinajstić information content (AvgIpc) is 3.16. The molecule has 4 rings (SSSR count). The van der Waals surface area contributed by atoms with Crippen LogP contribution in [-0.4, -0.2) is 45.2 Å². The number of likely N-dealkylation sites (tertiary alicyclic amines) is 2. The van der Waals surface area contributed by atoms with Crippen LogP contribution in [0.4, 0.5) is 0 Å². The summed E-state index contributed by atoms with van der Waals surface area (Å²) >= 11 is 0. The molecule has 1 aromatic heterocycles. The molecule has 2 aliphatic heterocycles. The van der Waals surface area contributed by atoms with E-state index in [2.05, 4.69) is 11.1 Å². The minimum Gasteiger partial charge on any atom is -0.335 e. The van der Waals surface area contributed by atoms with E-state index in [9.17, 15) is 9.59 Å². The zero-order valence-electron chi connectivity index (χ0n) is 15.7. The summed E-state index contributed by atoms with van der Waals surface area (Å²) in [4.78, 5) is 34.6. The van der Waals surface area contributed by atoms with Crippen LogP contribution in [0.5, 0.6) is 0 Å². The van der Waals surface area contributed by atoms with Crippen molar-refractivity contribution in [1.29, 1.82) is 5.26 Å². The van der Waals surface area contributed by atoms with E-state index in [1.54, 1.807) is 35.4 Å². The topological polar surface area (TPSA) is 77.3 Å². The molecule has 1 unspecified atom stereocenters. The third-order valence-corrected chi connectivity index (χ3v) is 5.76. The smallest absolute Gasteiger partial charge is 0.254 e. The molecule has 0 radical (unpaired) electrons. The van der Waals surface area contributed by atoms with E-state index in [1.165, 1.54) is 0 Å². The van der Waals surface area contributed by atoms with Crippen LogP contribution < -0.4 is 0 Å². The number of hydrogen-bond donors (Lipinski definition) is 0. The third-order valence-electron chi connectivity index (χ3n) is 5.76. The lowest BCUT2D eigenvalue weighted by Crippen LogP contribution is -2.61. The number of piperidine rings is 1. The molecule has 28 heavy (non-hydrogen) atoms. The van der Waals surface area contributed by atoms with Crippen LogP contribution in [0, 0.1) is 11.3 Å². The Hall–Kier alpha value is -3.20. The van der Waals surface area contributed by atoms with Crippen molar-refractivity contribution in [3.8, 4) is 6.07 Å². The lowest BCUT2D eigenvalue weighted by molar-refractivity contribution is -0.146. The highest BCUT2D eigenvalue weighted by atomic mass is 16.2. The van der Waals surface area contributed by atoms with Crippen LogP contribution in [0.25, 0.3) is 0 Å². The minimum absolute atomic E-state index is 0.0201. The summed E-state index contributed by atoms with van der Waals surface area (Å²) in [6, 6.07) is 14.5. The van der Waals surface area contributed by atoms with E-state index in [0.29, 0.717) is 43.6 Å². The first-order valence-electron chi connectivity index (χ1n) is 9.65. The zero-order valence-corrected chi connectivity index (χ0v) is 15.7. The van der Waals surface area contributed by atoms with Gasteiger partial charge in [-0.15, -0.1) is 0 Å². The maximum atomic E-state index is 13.5. The fraction of sp³-hybridized carbons (Fsp3) is 0.364. The van der Waals surface area contributed by atoms with Crippen molar-refractivity contribution in [2.45, 2.75) is 37.8 Å². The number of carbonyl (C=O) groups excluding carboxylic acids is 2. The zero-order chi connectivity index (χ0) is 19.6. The van der Waals surface area contributed by atoms with Gasteiger partial charge in [0.15, 0.2) is 0 Å². The van der Waals surface area contributed by atoms with Crippen LogP contribution >= 0.6 is 0 Å². The molecule has 1 spiro atoms. The molecular weight excluding hydrogens is 352 g/mol. The van der Waals surface area contributed by atoms with Crippen molar-refractivity contribution in [2.75, 3.05) is 13.1 Å². The summed E-state index contributed by atoms with van der Waals surface area (Å²) in [6.07, 6.45) is 4.78. The molecule has 0 aliphatic carbocycles. The van der Waals surface area contributed by atoms with Gasteiger partial charge in [-0.05, 0) is 56.0 Å². The molecule has 0 N–H and O–H groups in total. The first-order valence-corrected chi connectivity index (χ1v) is 9.65. The Morgan fingerprint density at radius 2 is 1.96 bits per heavy atom. The summed E-state index contributed by atoms with van der Waals surface area (Å²) in [5.74, 6) is -0.144. The van der Waals surface area contributed by atoms with Gasteiger partial charge in [0, 0.05) is 24.8 Å². The Morgan fingerprint density at radius 3 is 2.71 bits per heavy atom. The molecule has 2 aromatic rings. The van der Waals surface area contributed by atoms with Crippen molar-refractivity contribution in [2.24, 2.45) is 0 Å². The van der Waals surface area contributed by atoms with Crippen LogP contribution in [0.2, 0.25) is 0 Å². The van der Waals surface area contributed by atoms with Crippen molar-refractivity contribution in [3.63, 3.8) is 0 Å². The molecule has 6 heteroatoms. The van der Waals surface area contributed by atoms with Gasteiger partial charge in [0.1, 0.15) is 5.54 Å². The average molecular weight is 374 g/mol. The minimum atomic E-state index is -0.771. The van der Waals surface area contributed by atoms with E-state index in [4.69, 9.17) is 5.26 Å². The maximum Gasteiger partial charge on any atom is 0.254 e. The molecule has 0 bridgehead atoms. The van der Waals surface area contributed by atoms with Crippen LogP contribution in [0.1, 0.15) is 47.3 Å². The number of aromatic nitrogens is 1. The summed E-state index contributed by atoms with van der Waals surface area (Å²) in [5, 5.41) is 9.13. The molecule has 1 aromatic carbocycles. The molecule has 2 fully saturated rings. The van der Waals surface area contributed by atoms with Gasteiger partial charge in [-0.2, -0.15) is 5.26 Å². The monoisotopic (exact) mass is 374 g/mol. The third kappa shape index (κ3) is 3.13. The fourth-order valence-electron chi connectivity index (χ4n) is 4.44. The van der Waals surface area contributed by atoms with Crippen molar-refractivity contribution in [1.82, 2.24) is 14.8 Å². The number of nitriles is 1. The normalized spacial score (nSPS) is 21.8. The Labute approximate surface area is 164 Å². The quantitative estimate of drug-likeness (QED) is 0.828. The van der Waals surface area contributed by atoms with E-state index in [1.807, 2.05) is 23.1 Å². The summed E-state index contributed by atoms with van der Waals surface area (Å²) < 4.78 is 0. The van der Waals surface area contributed by atoms with Crippen molar-refractivity contribution in [3.05, 3.63) is 65.5 Å². The van der Waals surface area contributed by atoms with E-state index in [-0.39, 0.29) is 11.8 Å². The molecule has 6 nitrogen and oxygen atoms in total. The number of benzene rings is 1. The Morgan fingerprint density at radius 1 is 1.14 bits per heavy atom. The van der Waals surface area contributed by atoms with Crippen molar-refractivity contribution >= 4 is 11.8 Å². The number of amides is 2. The maximum absolute atomic E-state index is 13.5. The number of pyridine rings is 1. The molecular formula is C22H22N4O2. The van der Waals surface area contributed by atoms with E-state index in [0.717, 1.165) is 18.5 Å². The number of hydrogen-bond acceptors (Lipinski definition) is 4. The van der Waals surface area contributed by atoms with Gasteiger partial charge in [0.05, 0.1) is 23.9 Å². The van der Waals surface area contributed by atoms with E-state index < -0.39 is 5.54 Å². The van der Waals surface area contributed by atoms with Gasteiger partial charge in [-0.1, -0.05) is 12.1 Å². The highest BCUT2D eigenvalue weighted by Crippen LogP contribution is 2.39. The Bertz CT molecular complexity index is 937. The second kappa shape index (κ2) is 7.43. The van der Waals surface area contributed by atoms with Gasteiger partial charge >= 0.3 is 0 Å². The second-order valence-electron chi connectivity index (χ2n) is 7.44. The Balaban J connectivity index is 1.60. The number of carbonyl (C=O) groups is 2. The molecule has 1 atom stereocenters. The Kier molecular flexibility index (Phi) is 4.82. The van der Waals surface area contributed by atoms with Gasteiger partial charge in [-0.25, -0.2) is 0 Å². The standard InChI is InChI=1S/C22H22N4O2/c23-15-17-6-3-7-18(14-17)20(27)26-13-5-10-22(26)9-4-12-25(21(22)28)16-19-8-1-2-11-24-19/h1-3,6-8,11,14H,4-5,9-10,12-13,16H2. The molecule has 2 amide bonds. The highest BCUT2D eigenvalue weighted by Gasteiger charge is 2.52. The van der Waals surface area contributed by atoms with Crippen molar-refractivity contribution < 1.29 is 9.59 Å². The summed E-state index contributed by atoms with van der Waals surface area (Å²) in [6.45, 7) is 1.72. The number of nitrogens with zero attached hydrogens (tertiary/aromatic N) is 4. The van der Waals surface area contributed by atoms with Gasteiger partial charge < -0.3 is 9.80 Å². The first kappa shape index (κ1) is 18.2. The molecule has 142 valence electrons. The van der Waals surface area contributed by atoms with Crippen LogP contribution in [0.15, 0.2) is 48.7 Å². The predicted molar refractivity (Wildman–Crippen MR) is 103 cm³/mol. The SMILES string of the molecule is N#Cc1cccc(C(=O)N2CCCC23CCCN(Cc2ccccn2)C3=O)c1. The summed E-state index contributed by atoms with van der Waals surface area (Å²) in [7, 11) is 0. The highest BCUT2D eigenvalue weighted by molar-refractivity contribution is 6.00. The first-order chi connectivity index (χ1) is 13.6. The fourth-order valence-corrected chi connectivity index (χ4v) is 4.44. The van der Waals surface area contributed by atoms with Gasteiger partial charge in [0.25, 0.3) is 5.91 Å². The molecule has 0 saturated carbocycles. The van der Waals surface area contributed by atoms with Gasteiger partial charge in [-0.3, -0.25) is 14.6 Å². The largest absolute Gasteiger partial charge is 0.335 e. The predicted octanol–water partition coefficient (Wildman–Crippen LogP) is 2.75. The second-order valence-corrected chi connectivity index (χ2v) is 7.44. The lowest BCUT2D eigenvalue weighted by atomic mass is 9.85. The summed E-state index contributed by atoms with van der Waals surface area (Å²) in [5.41, 5.74) is 0.999. The van der Waals surface area contributed by atoms with Crippen LogP contribution in [0.3, 0.4) is 0 Å².